The van der Waals surface area contributed by atoms with Gasteiger partial charge in [0.2, 0.25) is 0 Å². The lowest BCUT2D eigenvalue weighted by Gasteiger charge is -2.23. The van der Waals surface area contributed by atoms with Crippen molar-refractivity contribution in [3.63, 3.8) is 0 Å². The smallest absolute Gasteiger partial charge is 0.251 e. The Morgan fingerprint density at radius 1 is 1.46 bits per heavy atom. The number of fused-ring (bicyclic) bond motifs is 1. The van der Waals surface area contributed by atoms with Gasteiger partial charge in [-0.3, -0.25) is 4.79 Å². The fourth-order valence-electron chi connectivity index (χ4n) is 1.64. The van der Waals surface area contributed by atoms with Crippen LogP contribution in [0.4, 0.5) is 0 Å². The highest BCUT2D eigenvalue weighted by Crippen LogP contribution is 2.22. The second kappa shape index (κ2) is 3.18. The molecule has 1 aliphatic rings. The topological polar surface area (TPSA) is 49.3 Å². The van der Waals surface area contributed by atoms with Crippen molar-refractivity contribution < 1.29 is 9.90 Å². The van der Waals surface area contributed by atoms with Crippen molar-refractivity contribution in [1.82, 2.24) is 5.32 Å². The molecule has 1 aromatic rings. The number of carbonyl (C=O) groups is 1. The summed E-state index contributed by atoms with van der Waals surface area (Å²) in [6, 6.07) is 7.40. The largest absolute Gasteiger partial charge is 0.396 e. The Hall–Kier alpha value is -1.35. The molecule has 0 saturated carbocycles. The van der Waals surface area contributed by atoms with Gasteiger partial charge in [-0.15, -0.1) is 0 Å². The quantitative estimate of drug-likeness (QED) is 0.656. The lowest BCUT2D eigenvalue weighted by Crippen LogP contribution is -2.36. The summed E-state index contributed by atoms with van der Waals surface area (Å²) < 4.78 is 0. The number of nitrogens with one attached hydrogen (secondary N) is 1. The number of aliphatic hydroxyl groups excluding tert-OH is 1. The lowest BCUT2D eigenvalue weighted by molar-refractivity contribution is 0.0933. The summed E-state index contributed by atoms with van der Waals surface area (Å²) in [4.78, 5) is 11.4. The standard InChI is InChI=1S/C10H11NO2/c12-6-7-5-11-10(13)9-4-2-1-3-8(7)9/h1-4,7,12H,5-6H2,(H,11,13). The van der Waals surface area contributed by atoms with Crippen molar-refractivity contribution in [2.75, 3.05) is 13.2 Å². The number of hydrogen-bond acceptors (Lipinski definition) is 2. The Bertz CT molecular complexity index is 335. The minimum Gasteiger partial charge on any atom is -0.396 e. The number of hydrogen-bond donors (Lipinski definition) is 2. The molecular weight excluding hydrogens is 166 g/mol. The van der Waals surface area contributed by atoms with Crippen molar-refractivity contribution in [2.45, 2.75) is 5.92 Å². The van der Waals surface area contributed by atoms with E-state index in [2.05, 4.69) is 5.32 Å². The molecule has 0 radical (unpaired) electrons. The third-order valence-electron chi connectivity index (χ3n) is 2.37. The first kappa shape index (κ1) is 8.26. The Balaban J connectivity index is 2.47. The zero-order valence-electron chi connectivity index (χ0n) is 7.16. The third kappa shape index (κ3) is 1.31. The van der Waals surface area contributed by atoms with E-state index in [-0.39, 0.29) is 18.4 Å². The van der Waals surface area contributed by atoms with E-state index in [1.807, 2.05) is 18.2 Å². The van der Waals surface area contributed by atoms with Gasteiger partial charge in [0, 0.05) is 18.0 Å². The van der Waals surface area contributed by atoms with Crippen LogP contribution < -0.4 is 5.32 Å². The molecule has 0 bridgehead atoms. The first-order chi connectivity index (χ1) is 6.33. The molecule has 3 nitrogen and oxygen atoms in total. The van der Waals surface area contributed by atoms with Gasteiger partial charge in [0.25, 0.3) is 5.91 Å². The van der Waals surface area contributed by atoms with Crippen molar-refractivity contribution >= 4 is 5.91 Å². The highest BCUT2D eigenvalue weighted by Gasteiger charge is 2.23. The second-order valence-corrected chi connectivity index (χ2v) is 3.18. The summed E-state index contributed by atoms with van der Waals surface area (Å²) in [5.41, 5.74) is 1.64. The van der Waals surface area contributed by atoms with Crippen LogP contribution in [0.1, 0.15) is 21.8 Å². The molecule has 0 aromatic heterocycles. The summed E-state index contributed by atoms with van der Waals surface area (Å²) >= 11 is 0. The summed E-state index contributed by atoms with van der Waals surface area (Å²) in [5.74, 6) is 0.00852. The molecule has 0 fully saturated rings. The van der Waals surface area contributed by atoms with E-state index >= 15 is 0 Å². The molecular formula is C10H11NO2. The van der Waals surface area contributed by atoms with Crippen LogP contribution in [-0.4, -0.2) is 24.2 Å². The number of aliphatic hydroxyl groups is 1. The molecule has 1 amide bonds. The molecule has 2 rings (SSSR count). The monoisotopic (exact) mass is 177 g/mol. The average Bonchev–Trinajstić information content (AvgIpc) is 2.19. The maximum atomic E-state index is 11.4. The number of carbonyl (C=O) groups excluding carboxylic acids is 1. The number of rotatable bonds is 1. The van der Waals surface area contributed by atoms with Crippen LogP contribution in [0, 0.1) is 0 Å². The van der Waals surface area contributed by atoms with Gasteiger partial charge in [-0.1, -0.05) is 18.2 Å². The van der Waals surface area contributed by atoms with E-state index < -0.39 is 0 Å². The van der Waals surface area contributed by atoms with Gasteiger partial charge in [-0.05, 0) is 11.6 Å². The fourth-order valence-corrected chi connectivity index (χ4v) is 1.64. The van der Waals surface area contributed by atoms with Crippen molar-refractivity contribution in [1.29, 1.82) is 0 Å². The van der Waals surface area contributed by atoms with Gasteiger partial charge in [0.15, 0.2) is 0 Å². The van der Waals surface area contributed by atoms with Crippen LogP contribution in [0.25, 0.3) is 0 Å². The van der Waals surface area contributed by atoms with Crippen LogP contribution in [-0.2, 0) is 0 Å². The van der Waals surface area contributed by atoms with E-state index in [9.17, 15) is 4.79 Å². The summed E-state index contributed by atoms with van der Waals surface area (Å²) in [6.07, 6.45) is 0. The van der Waals surface area contributed by atoms with E-state index in [4.69, 9.17) is 5.11 Å². The molecule has 3 heteroatoms. The van der Waals surface area contributed by atoms with Crippen LogP contribution >= 0.6 is 0 Å². The zero-order valence-corrected chi connectivity index (χ0v) is 7.16. The van der Waals surface area contributed by atoms with Gasteiger partial charge in [-0.25, -0.2) is 0 Å². The summed E-state index contributed by atoms with van der Waals surface area (Å²) in [7, 11) is 0. The van der Waals surface area contributed by atoms with E-state index in [0.717, 1.165) is 5.56 Å². The zero-order chi connectivity index (χ0) is 9.26. The van der Waals surface area contributed by atoms with E-state index in [1.54, 1.807) is 6.07 Å². The molecule has 0 aliphatic carbocycles. The Labute approximate surface area is 76.4 Å². The first-order valence-corrected chi connectivity index (χ1v) is 4.31. The van der Waals surface area contributed by atoms with Crippen LogP contribution in [0.5, 0.6) is 0 Å². The van der Waals surface area contributed by atoms with Crippen molar-refractivity contribution in [3.05, 3.63) is 35.4 Å². The molecule has 0 saturated heterocycles. The minimum atomic E-state index is -0.0414. The fraction of sp³-hybridized carbons (Fsp3) is 0.300. The lowest BCUT2D eigenvalue weighted by atomic mass is 9.91. The second-order valence-electron chi connectivity index (χ2n) is 3.18. The molecule has 13 heavy (non-hydrogen) atoms. The van der Waals surface area contributed by atoms with Crippen molar-refractivity contribution in [3.8, 4) is 0 Å². The average molecular weight is 177 g/mol. The van der Waals surface area contributed by atoms with Gasteiger partial charge in [0.05, 0.1) is 6.61 Å². The predicted molar refractivity (Wildman–Crippen MR) is 48.6 cm³/mol. The molecule has 0 spiro atoms. The van der Waals surface area contributed by atoms with Crippen LogP contribution in [0.3, 0.4) is 0 Å². The van der Waals surface area contributed by atoms with E-state index in [0.29, 0.717) is 12.1 Å². The van der Waals surface area contributed by atoms with E-state index in [1.165, 1.54) is 0 Å². The number of amides is 1. The molecule has 1 unspecified atom stereocenters. The summed E-state index contributed by atoms with van der Waals surface area (Å²) in [5, 5.41) is 11.8. The molecule has 2 N–H and O–H groups in total. The maximum Gasteiger partial charge on any atom is 0.251 e. The Morgan fingerprint density at radius 3 is 3.00 bits per heavy atom. The van der Waals surface area contributed by atoms with Crippen LogP contribution in [0.2, 0.25) is 0 Å². The molecule has 1 heterocycles. The Morgan fingerprint density at radius 2 is 2.23 bits per heavy atom. The third-order valence-corrected chi connectivity index (χ3v) is 2.37. The Kier molecular flexibility index (Phi) is 2.02. The van der Waals surface area contributed by atoms with Gasteiger partial charge in [0.1, 0.15) is 0 Å². The SMILES string of the molecule is O=C1NCC(CO)c2ccccc21. The highest BCUT2D eigenvalue weighted by atomic mass is 16.3. The molecule has 68 valence electrons. The van der Waals surface area contributed by atoms with Gasteiger partial charge < -0.3 is 10.4 Å². The highest BCUT2D eigenvalue weighted by molar-refractivity contribution is 5.97. The van der Waals surface area contributed by atoms with Gasteiger partial charge >= 0.3 is 0 Å². The first-order valence-electron chi connectivity index (χ1n) is 4.31. The van der Waals surface area contributed by atoms with Crippen LogP contribution in [0.15, 0.2) is 24.3 Å². The normalized spacial score (nSPS) is 20.7. The minimum absolute atomic E-state index is 0.0414. The number of benzene rings is 1. The molecule has 1 aliphatic heterocycles. The molecule has 1 aromatic carbocycles. The predicted octanol–water partition coefficient (Wildman–Crippen LogP) is 0.506. The summed E-state index contributed by atoms with van der Waals surface area (Å²) in [6.45, 7) is 0.615. The molecule has 1 atom stereocenters. The van der Waals surface area contributed by atoms with Gasteiger partial charge in [-0.2, -0.15) is 0 Å². The van der Waals surface area contributed by atoms with Crippen molar-refractivity contribution in [2.24, 2.45) is 0 Å². The maximum absolute atomic E-state index is 11.4.